The van der Waals surface area contributed by atoms with Crippen LogP contribution in [0.2, 0.25) is 5.15 Å². The fraction of sp³-hybridized carbons (Fsp3) is 0.750. The largest absolute Gasteiger partial charge is 0.312 e. The Kier molecular flexibility index (Phi) is 3.27. The predicted molar refractivity (Wildman–Crippen MR) is 66.6 cm³/mol. The Hall–Kier alpha value is -0.540. The summed E-state index contributed by atoms with van der Waals surface area (Å²) >= 11 is 6.17. The van der Waals surface area contributed by atoms with Crippen LogP contribution in [-0.4, -0.2) is 16.3 Å². The third kappa shape index (κ3) is 2.25. The molecule has 0 amide bonds. The van der Waals surface area contributed by atoms with Crippen LogP contribution in [0.4, 0.5) is 0 Å². The topological polar surface area (TPSA) is 29.9 Å². The van der Waals surface area contributed by atoms with Gasteiger partial charge in [-0.15, -0.1) is 0 Å². The second kappa shape index (κ2) is 4.38. The van der Waals surface area contributed by atoms with Crippen LogP contribution >= 0.6 is 11.6 Å². The first-order valence-electron chi connectivity index (χ1n) is 5.97. The van der Waals surface area contributed by atoms with E-state index in [1.165, 1.54) is 19.3 Å². The Morgan fingerprint density at radius 2 is 2.19 bits per heavy atom. The van der Waals surface area contributed by atoms with Crippen molar-refractivity contribution in [1.29, 1.82) is 0 Å². The standard InChI is InChI=1S/C12H20ClN3/c1-4-12(5-6-12)8-14-7-10-9(2)15-16(3)11(10)13/h14H,4-8H2,1-3H3. The average molecular weight is 242 g/mol. The minimum atomic E-state index is 0.586. The van der Waals surface area contributed by atoms with E-state index >= 15 is 0 Å². The molecule has 0 radical (unpaired) electrons. The molecule has 0 aromatic carbocycles. The lowest BCUT2D eigenvalue weighted by Gasteiger charge is -2.13. The molecule has 0 bridgehead atoms. The van der Waals surface area contributed by atoms with Gasteiger partial charge in [0.1, 0.15) is 5.15 Å². The fourth-order valence-corrected chi connectivity index (χ4v) is 2.40. The number of rotatable bonds is 5. The second-order valence-electron chi connectivity index (χ2n) is 4.94. The van der Waals surface area contributed by atoms with E-state index in [9.17, 15) is 0 Å². The van der Waals surface area contributed by atoms with Crippen LogP contribution in [0.1, 0.15) is 37.4 Å². The molecule has 1 N–H and O–H groups in total. The molecule has 90 valence electrons. The van der Waals surface area contributed by atoms with Crippen molar-refractivity contribution in [3.63, 3.8) is 0 Å². The highest BCUT2D eigenvalue weighted by atomic mass is 35.5. The highest BCUT2D eigenvalue weighted by molar-refractivity contribution is 6.30. The normalized spacial score (nSPS) is 17.8. The van der Waals surface area contributed by atoms with Crippen LogP contribution in [0.25, 0.3) is 0 Å². The maximum absolute atomic E-state index is 6.17. The van der Waals surface area contributed by atoms with Gasteiger partial charge in [0.2, 0.25) is 0 Å². The molecule has 3 nitrogen and oxygen atoms in total. The molecule has 1 aromatic heterocycles. The summed E-state index contributed by atoms with van der Waals surface area (Å²) in [6.07, 6.45) is 4.02. The van der Waals surface area contributed by atoms with Crippen LogP contribution in [0.3, 0.4) is 0 Å². The Morgan fingerprint density at radius 1 is 1.50 bits per heavy atom. The van der Waals surface area contributed by atoms with Crippen LogP contribution in [-0.2, 0) is 13.6 Å². The summed E-state index contributed by atoms with van der Waals surface area (Å²) in [4.78, 5) is 0. The summed E-state index contributed by atoms with van der Waals surface area (Å²) in [5, 5.41) is 8.57. The van der Waals surface area contributed by atoms with E-state index in [1.54, 1.807) is 4.68 Å². The first-order valence-corrected chi connectivity index (χ1v) is 6.34. The summed E-state index contributed by atoms with van der Waals surface area (Å²) in [7, 11) is 1.88. The number of nitrogens with one attached hydrogen (secondary N) is 1. The molecule has 0 unspecified atom stereocenters. The average Bonchev–Trinajstić information content (AvgIpc) is 2.99. The highest BCUT2D eigenvalue weighted by Crippen LogP contribution is 2.47. The van der Waals surface area contributed by atoms with E-state index in [4.69, 9.17) is 11.6 Å². The number of hydrogen-bond donors (Lipinski definition) is 1. The van der Waals surface area contributed by atoms with Crippen molar-refractivity contribution in [1.82, 2.24) is 15.1 Å². The van der Waals surface area contributed by atoms with Gasteiger partial charge in [-0.1, -0.05) is 18.5 Å². The lowest BCUT2D eigenvalue weighted by molar-refractivity contribution is 0.443. The van der Waals surface area contributed by atoms with Gasteiger partial charge in [0, 0.05) is 25.7 Å². The highest BCUT2D eigenvalue weighted by Gasteiger charge is 2.39. The quantitative estimate of drug-likeness (QED) is 0.859. The van der Waals surface area contributed by atoms with Crippen LogP contribution in [0.5, 0.6) is 0 Å². The lowest BCUT2D eigenvalue weighted by atomic mass is 10.0. The first-order chi connectivity index (χ1) is 7.58. The number of aryl methyl sites for hydroxylation is 2. The molecule has 0 spiro atoms. The van der Waals surface area contributed by atoms with E-state index in [1.807, 2.05) is 14.0 Å². The Labute approximate surface area is 102 Å². The molecule has 0 atom stereocenters. The molecule has 1 fully saturated rings. The van der Waals surface area contributed by atoms with Crippen molar-refractivity contribution in [2.45, 2.75) is 39.7 Å². The van der Waals surface area contributed by atoms with Gasteiger partial charge >= 0.3 is 0 Å². The van der Waals surface area contributed by atoms with Crippen molar-refractivity contribution in [2.24, 2.45) is 12.5 Å². The number of hydrogen-bond acceptors (Lipinski definition) is 2. The Balaban J connectivity index is 1.90. The van der Waals surface area contributed by atoms with Crippen molar-refractivity contribution < 1.29 is 0 Å². The zero-order valence-electron chi connectivity index (χ0n) is 10.3. The summed E-state index contributed by atoms with van der Waals surface area (Å²) in [5.74, 6) is 0. The van der Waals surface area contributed by atoms with Crippen molar-refractivity contribution in [3.05, 3.63) is 16.4 Å². The maximum Gasteiger partial charge on any atom is 0.131 e. The van der Waals surface area contributed by atoms with Crippen LogP contribution < -0.4 is 5.32 Å². The molecule has 1 aliphatic rings. The number of nitrogens with zero attached hydrogens (tertiary/aromatic N) is 2. The smallest absolute Gasteiger partial charge is 0.131 e. The van der Waals surface area contributed by atoms with E-state index in [2.05, 4.69) is 17.3 Å². The van der Waals surface area contributed by atoms with Crippen molar-refractivity contribution >= 4 is 11.6 Å². The SMILES string of the molecule is CCC1(CNCc2c(C)nn(C)c2Cl)CC1. The van der Waals surface area contributed by atoms with E-state index in [0.717, 1.165) is 29.5 Å². The minimum absolute atomic E-state index is 0.586. The molecule has 1 aliphatic carbocycles. The molecule has 0 aliphatic heterocycles. The van der Waals surface area contributed by atoms with E-state index in [-0.39, 0.29) is 0 Å². The van der Waals surface area contributed by atoms with Gasteiger partial charge in [0.15, 0.2) is 0 Å². The van der Waals surface area contributed by atoms with Gasteiger partial charge in [-0.2, -0.15) is 5.10 Å². The maximum atomic E-state index is 6.17. The third-order valence-electron chi connectivity index (χ3n) is 3.78. The molecule has 1 aromatic rings. The molecule has 1 heterocycles. The molecular weight excluding hydrogens is 222 g/mol. The molecule has 16 heavy (non-hydrogen) atoms. The summed E-state index contributed by atoms with van der Waals surface area (Å²) in [5.41, 5.74) is 2.75. The van der Waals surface area contributed by atoms with E-state index in [0.29, 0.717) is 5.41 Å². The second-order valence-corrected chi connectivity index (χ2v) is 5.29. The number of halogens is 1. The molecule has 0 saturated heterocycles. The molecule has 2 rings (SSSR count). The Bertz CT molecular complexity index is 380. The van der Waals surface area contributed by atoms with Crippen molar-refractivity contribution in [2.75, 3.05) is 6.54 Å². The minimum Gasteiger partial charge on any atom is -0.312 e. The monoisotopic (exact) mass is 241 g/mol. The van der Waals surface area contributed by atoms with Gasteiger partial charge in [-0.05, 0) is 31.6 Å². The van der Waals surface area contributed by atoms with Gasteiger partial charge in [0.05, 0.1) is 5.69 Å². The number of aromatic nitrogens is 2. The van der Waals surface area contributed by atoms with Gasteiger partial charge in [-0.25, -0.2) is 0 Å². The molecular formula is C12H20ClN3. The fourth-order valence-electron chi connectivity index (χ4n) is 2.16. The van der Waals surface area contributed by atoms with Gasteiger partial charge < -0.3 is 5.32 Å². The van der Waals surface area contributed by atoms with Crippen LogP contribution in [0.15, 0.2) is 0 Å². The summed E-state index contributed by atoms with van der Waals surface area (Å²) < 4.78 is 1.74. The summed E-state index contributed by atoms with van der Waals surface area (Å²) in [6.45, 7) is 6.22. The van der Waals surface area contributed by atoms with E-state index < -0.39 is 0 Å². The Morgan fingerprint density at radius 3 is 2.62 bits per heavy atom. The van der Waals surface area contributed by atoms with Gasteiger partial charge in [-0.3, -0.25) is 4.68 Å². The third-order valence-corrected chi connectivity index (χ3v) is 4.25. The zero-order valence-corrected chi connectivity index (χ0v) is 11.1. The van der Waals surface area contributed by atoms with Crippen LogP contribution in [0, 0.1) is 12.3 Å². The van der Waals surface area contributed by atoms with Gasteiger partial charge in [0.25, 0.3) is 0 Å². The zero-order chi connectivity index (χ0) is 11.8. The first kappa shape index (κ1) is 11.9. The lowest BCUT2D eigenvalue weighted by Crippen LogP contribution is -2.23. The molecule has 4 heteroatoms. The van der Waals surface area contributed by atoms with Crippen molar-refractivity contribution in [3.8, 4) is 0 Å². The molecule has 1 saturated carbocycles. The summed E-state index contributed by atoms with van der Waals surface area (Å²) in [6, 6.07) is 0. The predicted octanol–water partition coefficient (Wildman–Crippen LogP) is 2.66.